The topological polar surface area (TPSA) is 21.3 Å². The molecule has 0 aliphatic carbocycles. The van der Waals surface area contributed by atoms with Crippen LogP contribution in [0.3, 0.4) is 0 Å². The average molecular weight is 300 g/mol. The normalized spacial score (nSPS) is 17.1. The van der Waals surface area contributed by atoms with Gasteiger partial charge in [0, 0.05) is 6.07 Å². The van der Waals surface area contributed by atoms with Crippen molar-refractivity contribution in [3.05, 3.63) is 58.4 Å². The van der Waals surface area contributed by atoms with Gasteiger partial charge in [0.2, 0.25) is 0 Å². The molecule has 0 saturated carbocycles. The summed E-state index contributed by atoms with van der Waals surface area (Å²) in [6.07, 6.45) is -0.869. The maximum atomic E-state index is 13.7. The molecule has 2 aromatic carbocycles. The van der Waals surface area contributed by atoms with Crippen LogP contribution >= 0.6 is 11.6 Å². The van der Waals surface area contributed by atoms with Crippen LogP contribution in [0.2, 0.25) is 5.02 Å². The lowest BCUT2D eigenvalue weighted by Crippen LogP contribution is -2.25. The van der Waals surface area contributed by atoms with Crippen LogP contribution in [-0.2, 0) is 0 Å². The molecule has 0 aromatic heterocycles. The van der Waals surface area contributed by atoms with Crippen LogP contribution < -0.4 is 10.1 Å². The van der Waals surface area contributed by atoms with Crippen molar-refractivity contribution < 1.29 is 17.9 Å². The molecule has 1 atom stereocenters. The summed E-state index contributed by atoms with van der Waals surface area (Å²) < 4.78 is 46.2. The summed E-state index contributed by atoms with van der Waals surface area (Å²) in [5.74, 6) is -1.72. The van der Waals surface area contributed by atoms with Crippen molar-refractivity contribution in [2.24, 2.45) is 0 Å². The van der Waals surface area contributed by atoms with Gasteiger partial charge in [0.15, 0.2) is 5.75 Å². The molecule has 0 fully saturated rings. The third kappa shape index (κ3) is 2.18. The van der Waals surface area contributed by atoms with Crippen molar-refractivity contribution in [3.63, 3.8) is 0 Å². The summed E-state index contributed by atoms with van der Waals surface area (Å²) in [5, 5.41) is 2.91. The van der Waals surface area contributed by atoms with Crippen molar-refractivity contribution >= 4 is 17.3 Å². The van der Waals surface area contributed by atoms with Gasteiger partial charge < -0.3 is 10.1 Å². The van der Waals surface area contributed by atoms with Crippen LogP contribution in [0.4, 0.5) is 18.9 Å². The third-order valence-corrected chi connectivity index (χ3v) is 3.35. The highest BCUT2D eigenvalue weighted by Gasteiger charge is 2.28. The van der Waals surface area contributed by atoms with E-state index in [9.17, 15) is 13.2 Å². The second-order valence-electron chi connectivity index (χ2n) is 4.39. The Morgan fingerprint density at radius 2 is 1.85 bits per heavy atom. The lowest BCUT2D eigenvalue weighted by atomic mass is 10.1. The number of benzene rings is 2. The van der Waals surface area contributed by atoms with Gasteiger partial charge in [-0.2, -0.15) is 0 Å². The minimum absolute atomic E-state index is 0.0500. The van der Waals surface area contributed by atoms with E-state index in [0.29, 0.717) is 5.69 Å². The molecule has 3 rings (SSSR count). The highest BCUT2D eigenvalue weighted by Crippen LogP contribution is 2.41. The highest BCUT2D eigenvalue weighted by atomic mass is 35.5. The molecule has 0 radical (unpaired) electrons. The van der Waals surface area contributed by atoms with Gasteiger partial charge in [-0.15, -0.1) is 0 Å². The summed E-state index contributed by atoms with van der Waals surface area (Å²) in [5.41, 5.74) is 0.189. The largest absolute Gasteiger partial charge is 0.480 e. The van der Waals surface area contributed by atoms with Crippen molar-refractivity contribution in [3.8, 4) is 5.75 Å². The van der Waals surface area contributed by atoms with E-state index in [1.165, 1.54) is 12.1 Å². The fraction of sp³-hybridized carbons (Fsp3) is 0.143. The summed E-state index contributed by atoms with van der Waals surface area (Å²) in [4.78, 5) is 0. The first kappa shape index (κ1) is 13.1. The summed E-state index contributed by atoms with van der Waals surface area (Å²) in [7, 11) is 0. The van der Waals surface area contributed by atoms with E-state index >= 15 is 0 Å². The maximum Gasteiger partial charge on any atom is 0.162 e. The number of ether oxygens (including phenoxy) is 1. The summed E-state index contributed by atoms with van der Waals surface area (Å²) >= 11 is 5.89. The fourth-order valence-corrected chi connectivity index (χ4v) is 2.43. The molecule has 20 heavy (non-hydrogen) atoms. The van der Waals surface area contributed by atoms with Crippen LogP contribution in [0, 0.1) is 17.5 Å². The first-order valence-electron chi connectivity index (χ1n) is 5.89. The molecule has 1 heterocycles. The third-order valence-electron chi connectivity index (χ3n) is 3.07. The zero-order chi connectivity index (χ0) is 14.3. The first-order valence-corrected chi connectivity index (χ1v) is 6.27. The van der Waals surface area contributed by atoms with E-state index in [2.05, 4.69) is 5.32 Å². The molecule has 0 spiro atoms. The molecule has 2 aromatic rings. The van der Waals surface area contributed by atoms with Gasteiger partial charge in [0.1, 0.15) is 23.6 Å². The van der Waals surface area contributed by atoms with Crippen molar-refractivity contribution in [2.45, 2.75) is 6.10 Å². The van der Waals surface area contributed by atoms with Crippen LogP contribution in [0.1, 0.15) is 11.7 Å². The van der Waals surface area contributed by atoms with Gasteiger partial charge >= 0.3 is 0 Å². The Hall–Kier alpha value is -1.88. The molecular weight excluding hydrogens is 291 g/mol. The summed E-state index contributed by atoms with van der Waals surface area (Å²) in [6, 6.07) is 5.89. The molecular formula is C14H9ClF3NO. The SMILES string of the molecule is Fc1cc(Cl)c2c(c1)NCC(c1c(F)cccc1F)O2. The molecule has 104 valence electrons. The molecule has 1 N–H and O–H groups in total. The van der Waals surface area contributed by atoms with Crippen molar-refractivity contribution in [1.82, 2.24) is 0 Å². The van der Waals surface area contributed by atoms with Gasteiger partial charge in [-0.05, 0) is 18.2 Å². The minimum Gasteiger partial charge on any atom is -0.480 e. The second-order valence-corrected chi connectivity index (χ2v) is 4.79. The van der Waals surface area contributed by atoms with Gasteiger partial charge in [0.25, 0.3) is 0 Å². The predicted molar refractivity (Wildman–Crippen MR) is 69.6 cm³/mol. The number of anilines is 1. The molecule has 2 nitrogen and oxygen atoms in total. The van der Waals surface area contributed by atoms with E-state index in [0.717, 1.165) is 18.2 Å². The number of hydrogen-bond donors (Lipinski definition) is 1. The molecule has 6 heteroatoms. The van der Waals surface area contributed by atoms with Crippen molar-refractivity contribution in [1.29, 1.82) is 0 Å². The number of fused-ring (bicyclic) bond motifs is 1. The Morgan fingerprint density at radius 1 is 1.15 bits per heavy atom. The zero-order valence-electron chi connectivity index (χ0n) is 10.1. The number of nitrogens with one attached hydrogen (secondary N) is 1. The van der Waals surface area contributed by atoms with Gasteiger partial charge in [-0.3, -0.25) is 0 Å². The highest BCUT2D eigenvalue weighted by molar-refractivity contribution is 6.32. The maximum absolute atomic E-state index is 13.7. The van der Waals surface area contributed by atoms with E-state index in [-0.39, 0.29) is 22.9 Å². The molecule has 0 bridgehead atoms. The molecule has 0 saturated heterocycles. The summed E-state index contributed by atoms with van der Waals surface area (Å²) in [6.45, 7) is 0.116. The fourth-order valence-electron chi connectivity index (χ4n) is 2.18. The quantitative estimate of drug-likeness (QED) is 0.847. The average Bonchev–Trinajstić information content (AvgIpc) is 2.39. The van der Waals surface area contributed by atoms with Crippen LogP contribution in [0.15, 0.2) is 30.3 Å². The zero-order valence-corrected chi connectivity index (χ0v) is 10.8. The second kappa shape index (κ2) is 4.90. The van der Waals surface area contributed by atoms with E-state index < -0.39 is 23.6 Å². The van der Waals surface area contributed by atoms with Gasteiger partial charge in [0.05, 0.1) is 22.8 Å². The van der Waals surface area contributed by atoms with Crippen molar-refractivity contribution in [2.75, 3.05) is 11.9 Å². The minimum atomic E-state index is -0.869. The lowest BCUT2D eigenvalue weighted by molar-refractivity contribution is 0.199. The predicted octanol–water partition coefficient (Wildman–Crippen LogP) is 4.30. The van der Waals surface area contributed by atoms with Crippen LogP contribution in [0.5, 0.6) is 5.75 Å². The van der Waals surface area contributed by atoms with Crippen LogP contribution in [0.25, 0.3) is 0 Å². The monoisotopic (exact) mass is 299 g/mol. The number of halogens is 4. The molecule has 1 aliphatic rings. The standard InChI is InChI=1S/C14H9ClF3NO/c15-8-4-7(16)5-11-14(8)20-12(6-19-11)13-9(17)2-1-3-10(13)18/h1-5,12,19H,6H2. The van der Waals surface area contributed by atoms with Gasteiger partial charge in [-0.1, -0.05) is 17.7 Å². The Balaban J connectivity index is 2.00. The smallest absolute Gasteiger partial charge is 0.162 e. The Labute approximate surface area is 118 Å². The van der Waals surface area contributed by atoms with E-state index in [4.69, 9.17) is 16.3 Å². The molecule has 1 aliphatic heterocycles. The van der Waals surface area contributed by atoms with Gasteiger partial charge in [-0.25, -0.2) is 13.2 Å². The Bertz CT molecular complexity index is 657. The molecule has 1 unspecified atom stereocenters. The Kier molecular flexibility index (Phi) is 3.22. The first-order chi connectivity index (χ1) is 9.56. The number of hydrogen-bond acceptors (Lipinski definition) is 2. The van der Waals surface area contributed by atoms with E-state index in [1.54, 1.807) is 0 Å². The molecule has 0 amide bonds. The van der Waals surface area contributed by atoms with Crippen LogP contribution in [-0.4, -0.2) is 6.54 Å². The Morgan fingerprint density at radius 3 is 2.55 bits per heavy atom. The lowest BCUT2D eigenvalue weighted by Gasteiger charge is -2.28. The van der Waals surface area contributed by atoms with E-state index in [1.807, 2.05) is 0 Å². The number of rotatable bonds is 1.